The third kappa shape index (κ3) is 2.50. The fourth-order valence-electron chi connectivity index (χ4n) is 3.14. The fourth-order valence-corrected chi connectivity index (χ4v) is 3.14. The molecule has 0 atom stereocenters. The van der Waals surface area contributed by atoms with Gasteiger partial charge in [0, 0.05) is 17.0 Å². The van der Waals surface area contributed by atoms with E-state index in [4.69, 9.17) is 4.42 Å². The van der Waals surface area contributed by atoms with E-state index in [1.807, 2.05) is 0 Å². The molecule has 0 unspecified atom stereocenters. The van der Waals surface area contributed by atoms with Gasteiger partial charge in [-0.2, -0.15) is 4.80 Å². The lowest BCUT2D eigenvalue weighted by Crippen LogP contribution is -2.01. The minimum atomic E-state index is -1.11. The van der Waals surface area contributed by atoms with Crippen LogP contribution in [0.2, 0.25) is 0 Å². The zero-order chi connectivity index (χ0) is 19.3. The maximum absolute atomic E-state index is 13.5. The number of aromatic carboxylic acids is 1. The van der Waals surface area contributed by atoms with E-state index in [-0.39, 0.29) is 5.56 Å². The second-order valence-electron chi connectivity index (χ2n) is 6.17. The maximum atomic E-state index is 13.5. The summed E-state index contributed by atoms with van der Waals surface area (Å²) in [6.45, 7) is 0. The molecule has 0 radical (unpaired) electrons. The molecule has 0 saturated carbocycles. The van der Waals surface area contributed by atoms with Crippen LogP contribution in [0.3, 0.4) is 0 Å². The van der Waals surface area contributed by atoms with Gasteiger partial charge in [-0.25, -0.2) is 14.2 Å². The molecule has 2 aromatic carbocycles. The summed E-state index contributed by atoms with van der Waals surface area (Å²) in [6, 6.07) is 12.4. The fraction of sp³-hybridized carbons (Fsp3) is 0. The first-order valence-electron chi connectivity index (χ1n) is 8.33. The Bertz CT molecular complexity index is 1360. The number of halogens is 1. The molecule has 0 aliphatic rings. The zero-order valence-electron chi connectivity index (χ0n) is 14.2. The van der Waals surface area contributed by atoms with Gasteiger partial charge in [-0.05, 0) is 36.4 Å². The van der Waals surface area contributed by atoms with E-state index in [9.17, 15) is 14.3 Å². The van der Waals surface area contributed by atoms with Crippen LogP contribution in [0, 0.1) is 5.82 Å². The first-order valence-corrected chi connectivity index (χ1v) is 8.33. The van der Waals surface area contributed by atoms with Gasteiger partial charge >= 0.3 is 5.97 Å². The Morgan fingerprint density at radius 2 is 1.93 bits per heavy atom. The Hall–Kier alpha value is -4.07. The van der Waals surface area contributed by atoms with Gasteiger partial charge in [0.2, 0.25) is 0 Å². The van der Waals surface area contributed by atoms with Crippen molar-refractivity contribution in [3.63, 3.8) is 0 Å². The van der Waals surface area contributed by atoms with Crippen molar-refractivity contribution in [2.24, 2.45) is 0 Å². The molecule has 3 aromatic heterocycles. The van der Waals surface area contributed by atoms with E-state index in [1.54, 1.807) is 30.3 Å². The van der Waals surface area contributed by atoms with Crippen LogP contribution in [-0.2, 0) is 0 Å². The van der Waals surface area contributed by atoms with Crippen molar-refractivity contribution >= 4 is 27.9 Å². The van der Waals surface area contributed by atoms with Crippen LogP contribution in [0.15, 0.2) is 65.5 Å². The largest absolute Gasteiger partial charge is 0.478 e. The molecule has 136 valence electrons. The predicted molar refractivity (Wildman–Crippen MR) is 98.8 cm³/mol. The normalized spacial score (nSPS) is 11.3. The standard InChI is InChI=1S/C20H11FN4O3/c21-12-2-1-3-13(8-12)25-23-16-5-4-15-18(19(16)24-25)14(20(26)27)9-17(22-15)11-6-7-28-10-11/h1-10H,(H,26,27). The highest BCUT2D eigenvalue weighted by Crippen LogP contribution is 2.30. The number of carboxylic acids is 1. The molecule has 5 aromatic rings. The summed E-state index contributed by atoms with van der Waals surface area (Å²) in [6.07, 6.45) is 2.99. The Kier molecular flexibility index (Phi) is 3.45. The molecule has 3 heterocycles. The predicted octanol–water partition coefficient (Wildman–Crippen LogP) is 4.07. The second kappa shape index (κ2) is 5.98. The molecular weight excluding hydrogens is 363 g/mol. The number of pyridine rings is 1. The minimum absolute atomic E-state index is 0.0538. The summed E-state index contributed by atoms with van der Waals surface area (Å²) in [5.74, 6) is -1.52. The smallest absolute Gasteiger partial charge is 0.336 e. The molecule has 0 spiro atoms. The molecular formula is C20H11FN4O3. The third-order valence-corrected chi connectivity index (χ3v) is 4.41. The lowest BCUT2D eigenvalue weighted by atomic mass is 10.0. The summed E-state index contributed by atoms with van der Waals surface area (Å²) in [4.78, 5) is 17.8. The van der Waals surface area contributed by atoms with Gasteiger partial charge in [0.05, 0.1) is 35.0 Å². The summed E-state index contributed by atoms with van der Waals surface area (Å²) >= 11 is 0. The van der Waals surface area contributed by atoms with Crippen molar-refractivity contribution in [2.45, 2.75) is 0 Å². The van der Waals surface area contributed by atoms with Gasteiger partial charge in [-0.3, -0.25) is 0 Å². The number of carbonyl (C=O) groups is 1. The van der Waals surface area contributed by atoms with Crippen molar-refractivity contribution in [1.82, 2.24) is 20.0 Å². The van der Waals surface area contributed by atoms with Crippen molar-refractivity contribution in [1.29, 1.82) is 0 Å². The molecule has 0 fully saturated rings. The van der Waals surface area contributed by atoms with Gasteiger partial charge in [0.25, 0.3) is 0 Å². The number of aromatic nitrogens is 4. The van der Waals surface area contributed by atoms with Crippen LogP contribution >= 0.6 is 0 Å². The molecule has 0 saturated heterocycles. The van der Waals surface area contributed by atoms with Crippen molar-refractivity contribution in [3.8, 4) is 16.9 Å². The number of carboxylic acid groups (broad SMARTS) is 1. The highest BCUT2D eigenvalue weighted by atomic mass is 19.1. The summed E-state index contributed by atoms with van der Waals surface area (Å²) < 4.78 is 18.6. The van der Waals surface area contributed by atoms with Gasteiger partial charge in [-0.1, -0.05) is 6.07 Å². The summed E-state index contributed by atoms with van der Waals surface area (Å²) in [5, 5.41) is 18.9. The monoisotopic (exact) mass is 374 g/mol. The van der Waals surface area contributed by atoms with E-state index in [1.165, 1.54) is 35.5 Å². The van der Waals surface area contributed by atoms with E-state index >= 15 is 0 Å². The number of nitrogens with zero attached hydrogens (tertiary/aromatic N) is 4. The quantitative estimate of drug-likeness (QED) is 0.512. The lowest BCUT2D eigenvalue weighted by Gasteiger charge is -2.05. The van der Waals surface area contributed by atoms with Crippen molar-refractivity contribution < 1.29 is 18.7 Å². The van der Waals surface area contributed by atoms with E-state index < -0.39 is 11.8 Å². The number of benzene rings is 2. The highest BCUT2D eigenvalue weighted by Gasteiger charge is 2.19. The SMILES string of the molecule is O=C(O)c1cc(-c2ccoc2)nc2ccc3nn(-c4cccc(F)c4)nc3c12. The third-order valence-electron chi connectivity index (χ3n) is 4.41. The van der Waals surface area contributed by atoms with Gasteiger partial charge in [-0.15, -0.1) is 10.2 Å². The molecule has 0 aliphatic heterocycles. The Morgan fingerprint density at radius 1 is 1.07 bits per heavy atom. The average Bonchev–Trinajstić information content (AvgIpc) is 3.36. The first-order chi connectivity index (χ1) is 13.6. The molecule has 8 heteroatoms. The van der Waals surface area contributed by atoms with E-state index in [0.29, 0.717) is 38.9 Å². The van der Waals surface area contributed by atoms with Crippen LogP contribution < -0.4 is 0 Å². The zero-order valence-corrected chi connectivity index (χ0v) is 14.2. The number of rotatable bonds is 3. The molecule has 28 heavy (non-hydrogen) atoms. The second-order valence-corrected chi connectivity index (χ2v) is 6.17. The van der Waals surface area contributed by atoms with Gasteiger partial charge in [0.15, 0.2) is 0 Å². The molecule has 1 N–H and O–H groups in total. The lowest BCUT2D eigenvalue weighted by molar-refractivity contribution is 0.0699. The molecule has 0 bridgehead atoms. The summed E-state index contributed by atoms with van der Waals surface area (Å²) in [5.41, 5.74) is 2.98. The Morgan fingerprint density at radius 3 is 2.68 bits per heavy atom. The molecule has 0 amide bonds. The van der Waals surface area contributed by atoms with E-state index in [2.05, 4.69) is 15.2 Å². The highest BCUT2D eigenvalue weighted by molar-refractivity contribution is 6.13. The van der Waals surface area contributed by atoms with Gasteiger partial charge in [0.1, 0.15) is 16.9 Å². The van der Waals surface area contributed by atoms with Crippen LogP contribution in [0.5, 0.6) is 0 Å². The number of hydrogen-bond acceptors (Lipinski definition) is 5. The van der Waals surface area contributed by atoms with E-state index in [0.717, 1.165) is 0 Å². The molecule has 5 rings (SSSR count). The number of hydrogen-bond donors (Lipinski definition) is 1. The van der Waals surface area contributed by atoms with Crippen LogP contribution in [0.4, 0.5) is 4.39 Å². The Labute approximate surface area is 156 Å². The average molecular weight is 374 g/mol. The Balaban J connectivity index is 1.80. The summed E-state index contributed by atoms with van der Waals surface area (Å²) in [7, 11) is 0. The minimum Gasteiger partial charge on any atom is -0.478 e. The number of furan rings is 1. The molecule has 0 aliphatic carbocycles. The number of fused-ring (bicyclic) bond motifs is 3. The van der Waals surface area contributed by atoms with Gasteiger partial charge < -0.3 is 9.52 Å². The van der Waals surface area contributed by atoms with Crippen LogP contribution in [-0.4, -0.2) is 31.1 Å². The topological polar surface area (TPSA) is 94.0 Å². The van der Waals surface area contributed by atoms with Crippen LogP contribution in [0.25, 0.3) is 38.9 Å². The van der Waals surface area contributed by atoms with Crippen molar-refractivity contribution in [3.05, 3.63) is 72.4 Å². The first kappa shape index (κ1) is 16.1. The van der Waals surface area contributed by atoms with Crippen molar-refractivity contribution in [2.75, 3.05) is 0 Å². The maximum Gasteiger partial charge on any atom is 0.336 e. The molecule has 7 nitrogen and oxygen atoms in total. The van der Waals surface area contributed by atoms with Crippen LogP contribution in [0.1, 0.15) is 10.4 Å².